The van der Waals surface area contributed by atoms with Crippen LogP contribution in [0.3, 0.4) is 0 Å². The van der Waals surface area contributed by atoms with Gasteiger partial charge >= 0.3 is 6.09 Å². The maximum Gasteiger partial charge on any atom is 0.407 e. The van der Waals surface area contributed by atoms with Crippen molar-refractivity contribution in [2.45, 2.75) is 73.1 Å². The highest BCUT2D eigenvalue weighted by Crippen LogP contribution is 2.32. The first-order chi connectivity index (χ1) is 15.9. The number of carbonyl (C=O) groups is 2. The summed E-state index contributed by atoms with van der Waals surface area (Å²) < 4.78 is 18.7. The van der Waals surface area contributed by atoms with E-state index in [2.05, 4.69) is 12.2 Å². The van der Waals surface area contributed by atoms with E-state index in [0.717, 1.165) is 12.8 Å². The number of amides is 2. The van der Waals surface area contributed by atoms with E-state index in [9.17, 15) is 14.4 Å². The van der Waals surface area contributed by atoms with Gasteiger partial charge in [0, 0.05) is 11.9 Å². The Balaban J connectivity index is 2.64. The lowest BCUT2D eigenvalue weighted by Crippen LogP contribution is -2.35. The van der Waals surface area contributed by atoms with E-state index < -0.39 is 17.6 Å². The molecule has 0 saturated carbocycles. The number of nitrogens with one attached hydrogen (secondary N) is 1. The molecule has 0 unspecified atom stereocenters. The monoisotopic (exact) mass is 475 g/mol. The smallest absolute Gasteiger partial charge is 0.407 e. The summed E-state index contributed by atoms with van der Waals surface area (Å²) in [5.74, 6) is 0.453. The van der Waals surface area contributed by atoms with Crippen molar-refractivity contribution in [2.24, 2.45) is 11.7 Å². The molecule has 9 nitrogen and oxygen atoms in total. The number of nitrogens with two attached hydrogens (primary N) is 1. The molecule has 0 saturated heterocycles. The molecule has 0 fully saturated rings. The summed E-state index contributed by atoms with van der Waals surface area (Å²) in [6.45, 7) is 12.1. The zero-order valence-corrected chi connectivity index (χ0v) is 21.0. The number of rotatable bonds is 11. The van der Waals surface area contributed by atoms with Crippen molar-refractivity contribution < 1.29 is 23.8 Å². The summed E-state index contributed by atoms with van der Waals surface area (Å²) in [7, 11) is 0. The number of aromatic nitrogens is 1. The second-order valence-corrected chi connectivity index (χ2v) is 9.61. The Morgan fingerprint density at radius 3 is 2.44 bits per heavy atom. The van der Waals surface area contributed by atoms with Crippen LogP contribution in [-0.2, 0) is 22.6 Å². The lowest BCUT2D eigenvalue weighted by molar-refractivity contribution is -0.119. The van der Waals surface area contributed by atoms with Crippen LogP contribution in [0, 0.1) is 5.92 Å². The van der Waals surface area contributed by atoms with Crippen molar-refractivity contribution in [3.05, 3.63) is 34.2 Å². The molecule has 1 aromatic heterocycles. The molecule has 34 heavy (non-hydrogen) atoms. The van der Waals surface area contributed by atoms with Gasteiger partial charge in [-0.05, 0) is 51.3 Å². The van der Waals surface area contributed by atoms with Crippen LogP contribution < -0.4 is 26.1 Å². The van der Waals surface area contributed by atoms with Crippen LogP contribution in [0.5, 0.6) is 11.5 Å². The van der Waals surface area contributed by atoms with Gasteiger partial charge < -0.3 is 29.8 Å². The van der Waals surface area contributed by atoms with E-state index in [0.29, 0.717) is 41.1 Å². The average molecular weight is 476 g/mol. The molecular formula is C25H37N3O6. The lowest BCUT2D eigenvalue weighted by Gasteiger charge is -2.23. The van der Waals surface area contributed by atoms with Crippen molar-refractivity contribution in [2.75, 3.05) is 13.2 Å². The maximum absolute atomic E-state index is 13.5. The van der Waals surface area contributed by atoms with Gasteiger partial charge in [0.2, 0.25) is 0 Å². The summed E-state index contributed by atoms with van der Waals surface area (Å²) in [5.41, 5.74) is 4.88. The minimum absolute atomic E-state index is 0.0423. The summed E-state index contributed by atoms with van der Waals surface area (Å²) in [6, 6.07) is 4.95. The highest BCUT2D eigenvalue weighted by molar-refractivity contribution is 5.90. The molecule has 0 spiro atoms. The van der Waals surface area contributed by atoms with Crippen LogP contribution in [0.2, 0.25) is 0 Å². The SMILES string of the molecule is CCCCOc1c(CNC(=O)OC(C)(C)C)n(CC(C)C)c(=O)c2ccc(OCC(N)=O)cc12. The Labute approximate surface area is 200 Å². The molecule has 0 bridgehead atoms. The van der Waals surface area contributed by atoms with Gasteiger partial charge in [-0.3, -0.25) is 9.59 Å². The van der Waals surface area contributed by atoms with Gasteiger partial charge in [-0.15, -0.1) is 0 Å². The molecule has 9 heteroatoms. The topological polar surface area (TPSA) is 122 Å². The van der Waals surface area contributed by atoms with Gasteiger partial charge in [0.1, 0.15) is 17.1 Å². The summed E-state index contributed by atoms with van der Waals surface area (Å²) in [5, 5.41) is 3.76. The molecule has 0 aliphatic heterocycles. The fourth-order valence-corrected chi connectivity index (χ4v) is 3.37. The molecule has 0 aliphatic rings. The van der Waals surface area contributed by atoms with Crippen LogP contribution in [0.25, 0.3) is 10.8 Å². The number of unbranched alkanes of at least 4 members (excludes halogenated alkanes) is 1. The Hall–Kier alpha value is -3.23. The van der Waals surface area contributed by atoms with Crippen molar-refractivity contribution in [3.8, 4) is 11.5 Å². The zero-order valence-electron chi connectivity index (χ0n) is 21.0. The number of fused-ring (bicyclic) bond motifs is 1. The first kappa shape index (κ1) is 27.0. The van der Waals surface area contributed by atoms with Gasteiger partial charge in [0.15, 0.2) is 6.61 Å². The summed E-state index contributed by atoms with van der Waals surface area (Å²) in [6.07, 6.45) is 1.16. The fourth-order valence-electron chi connectivity index (χ4n) is 3.37. The van der Waals surface area contributed by atoms with E-state index in [4.69, 9.17) is 19.9 Å². The minimum Gasteiger partial charge on any atom is -0.491 e. The number of hydrogen-bond donors (Lipinski definition) is 2. The molecule has 188 valence electrons. The van der Waals surface area contributed by atoms with Gasteiger partial charge in [-0.2, -0.15) is 0 Å². The lowest BCUT2D eigenvalue weighted by atomic mass is 10.1. The van der Waals surface area contributed by atoms with Crippen molar-refractivity contribution in [3.63, 3.8) is 0 Å². The number of pyridine rings is 1. The molecule has 2 rings (SSSR count). The van der Waals surface area contributed by atoms with Crippen molar-refractivity contribution in [1.82, 2.24) is 9.88 Å². The van der Waals surface area contributed by atoms with Crippen LogP contribution in [0.1, 0.15) is 60.1 Å². The maximum atomic E-state index is 13.5. The predicted octanol–water partition coefficient (Wildman–Crippen LogP) is 3.73. The number of hydrogen-bond acceptors (Lipinski definition) is 6. The average Bonchev–Trinajstić information content (AvgIpc) is 2.73. The molecule has 1 aromatic carbocycles. The van der Waals surface area contributed by atoms with Crippen LogP contribution >= 0.6 is 0 Å². The molecule has 2 aromatic rings. The van der Waals surface area contributed by atoms with E-state index in [1.54, 1.807) is 43.5 Å². The second kappa shape index (κ2) is 11.8. The summed E-state index contributed by atoms with van der Waals surface area (Å²) in [4.78, 5) is 37.0. The van der Waals surface area contributed by atoms with Gasteiger partial charge in [-0.1, -0.05) is 27.2 Å². The quantitative estimate of drug-likeness (QED) is 0.478. The number of ether oxygens (including phenoxy) is 3. The summed E-state index contributed by atoms with van der Waals surface area (Å²) >= 11 is 0. The Morgan fingerprint density at radius 1 is 1.15 bits per heavy atom. The number of carbonyl (C=O) groups excluding carboxylic acids is 2. The van der Waals surface area contributed by atoms with E-state index in [1.807, 2.05) is 13.8 Å². The minimum atomic E-state index is -0.655. The predicted molar refractivity (Wildman–Crippen MR) is 131 cm³/mol. The second-order valence-electron chi connectivity index (χ2n) is 9.61. The Kier molecular flexibility index (Phi) is 9.35. The third-order valence-electron chi connectivity index (χ3n) is 4.77. The number of primary amides is 1. The number of alkyl carbamates (subject to hydrolysis) is 1. The number of benzene rings is 1. The Bertz CT molecular complexity index is 1070. The van der Waals surface area contributed by atoms with Crippen LogP contribution in [0.4, 0.5) is 4.79 Å². The van der Waals surface area contributed by atoms with Gasteiger partial charge in [0.25, 0.3) is 11.5 Å². The van der Waals surface area contributed by atoms with E-state index in [-0.39, 0.29) is 24.6 Å². The molecule has 3 N–H and O–H groups in total. The van der Waals surface area contributed by atoms with Crippen molar-refractivity contribution in [1.29, 1.82) is 0 Å². The molecule has 1 heterocycles. The van der Waals surface area contributed by atoms with Crippen LogP contribution in [0.15, 0.2) is 23.0 Å². The first-order valence-electron chi connectivity index (χ1n) is 11.6. The number of nitrogens with zero attached hydrogens (tertiary/aromatic N) is 1. The third-order valence-corrected chi connectivity index (χ3v) is 4.77. The fraction of sp³-hybridized carbons (Fsp3) is 0.560. The van der Waals surface area contributed by atoms with Gasteiger partial charge in [0.05, 0.1) is 24.2 Å². The first-order valence-corrected chi connectivity index (χ1v) is 11.6. The molecule has 0 aliphatic carbocycles. The van der Waals surface area contributed by atoms with E-state index >= 15 is 0 Å². The largest absolute Gasteiger partial charge is 0.491 e. The van der Waals surface area contributed by atoms with E-state index in [1.165, 1.54) is 0 Å². The molecular weight excluding hydrogens is 438 g/mol. The van der Waals surface area contributed by atoms with Crippen molar-refractivity contribution >= 4 is 22.8 Å². The highest BCUT2D eigenvalue weighted by atomic mass is 16.6. The highest BCUT2D eigenvalue weighted by Gasteiger charge is 2.22. The third kappa shape index (κ3) is 7.67. The normalized spacial score (nSPS) is 11.5. The molecule has 0 radical (unpaired) electrons. The molecule has 0 atom stereocenters. The molecule has 2 amide bonds. The zero-order chi connectivity index (χ0) is 25.5. The van der Waals surface area contributed by atoms with Gasteiger partial charge in [-0.25, -0.2) is 4.79 Å². The van der Waals surface area contributed by atoms with Crippen LogP contribution in [-0.4, -0.2) is 35.4 Å². The standard InChI is InChI=1S/C25H37N3O6/c1-7-8-11-32-22-19-12-17(33-15-21(26)29)9-10-18(19)23(30)28(14-16(2)3)20(22)13-27-24(31)34-25(4,5)6/h9-10,12,16H,7-8,11,13-15H2,1-6H3,(H2,26,29)(H,27,31). The Morgan fingerprint density at radius 2 is 1.85 bits per heavy atom.